The van der Waals surface area contributed by atoms with Gasteiger partial charge in [-0.2, -0.15) is 5.10 Å². The summed E-state index contributed by atoms with van der Waals surface area (Å²) in [6, 6.07) is 0. The Balaban J connectivity index is 1.85. The third-order valence-corrected chi connectivity index (χ3v) is 4.52. The summed E-state index contributed by atoms with van der Waals surface area (Å²) >= 11 is 0. The van der Waals surface area contributed by atoms with E-state index in [1.807, 2.05) is 38.9 Å². The minimum absolute atomic E-state index is 0.230. The lowest BCUT2D eigenvalue weighted by Crippen LogP contribution is -2.32. The van der Waals surface area contributed by atoms with Crippen molar-refractivity contribution in [3.63, 3.8) is 0 Å². The maximum absolute atomic E-state index is 12.5. The minimum Gasteiger partial charge on any atom is -0.461 e. The van der Waals surface area contributed by atoms with Gasteiger partial charge in [-0.25, -0.2) is 10.2 Å². The lowest BCUT2D eigenvalue weighted by molar-refractivity contribution is -0.120. The molecule has 148 valence electrons. The van der Waals surface area contributed by atoms with Gasteiger partial charge in [0.15, 0.2) is 0 Å². The van der Waals surface area contributed by atoms with E-state index in [2.05, 4.69) is 25.8 Å². The van der Waals surface area contributed by atoms with E-state index >= 15 is 0 Å². The predicted octanol–water partition coefficient (Wildman–Crippen LogP) is 0.938. The molecule has 0 saturated carbocycles. The molecule has 9 heteroatoms. The van der Waals surface area contributed by atoms with Crippen molar-refractivity contribution in [2.24, 2.45) is 16.0 Å². The van der Waals surface area contributed by atoms with Crippen molar-refractivity contribution >= 4 is 29.9 Å². The Morgan fingerprint density at radius 1 is 1.36 bits per heavy atom. The number of ether oxygens (including phenoxy) is 1. The Hall–Kier alpha value is -3.20. The first-order chi connectivity index (χ1) is 13.4. The van der Waals surface area contributed by atoms with E-state index in [-0.39, 0.29) is 11.9 Å². The molecule has 0 aromatic carbocycles. The number of hydrogen-bond donors (Lipinski definition) is 3. The van der Waals surface area contributed by atoms with Crippen LogP contribution in [0.5, 0.6) is 0 Å². The Morgan fingerprint density at radius 2 is 2.14 bits per heavy atom. The van der Waals surface area contributed by atoms with E-state index in [1.165, 1.54) is 6.21 Å². The number of aromatic nitrogens is 1. The first kappa shape index (κ1) is 19.6. The van der Waals surface area contributed by atoms with Crippen molar-refractivity contribution in [2.45, 2.75) is 13.8 Å². The molecule has 1 aromatic heterocycles. The highest BCUT2D eigenvalue weighted by molar-refractivity contribution is 6.24. The van der Waals surface area contributed by atoms with Crippen molar-refractivity contribution in [2.75, 3.05) is 27.2 Å². The number of carbonyl (C=O) groups is 2. The number of carbonyl (C=O) groups excluding carboxylic acids is 2. The fraction of sp³-hybridized carbons (Fsp3) is 0.368. The van der Waals surface area contributed by atoms with Crippen molar-refractivity contribution in [3.05, 3.63) is 40.6 Å². The van der Waals surface area contributed by atoms with E-state index in [4.69, 9.17) is 4.74 Å². The van der Waals surface area contributed by atoms with Crippen LogP contribution < -0.4 is 10.7 Å². The molecule has 3 heterocycles. The van der Waals surface area contributed by atoms with Gasteiger partial charge in [0.25, 0.3) is 5.91 Å². The van der Waals surface area contributed by atoms with Gasteiger partial charge in [-0.3, -0.25) is 9.79 Å². The monoisotopic (exact) mass is 384 g/mol. The van der Waals surface area contributed by atoms with Gasteiger partial charge in [-0.1, -0.05) is 0 Å². The van der Waals surface area contributed by atoms with Crippen molar-refractivity contribution in [1.82, 2.24) is 20.6 Å². The SMILES string of the molecule is Cc1[nH]c(C=C2NC=CN=C2C2C=NNC2=O)c(C)c1C(=O)OCCN(C)C. The summed E-state index contributed by atoms with van der Waals surface area (Å²) in [5, 5.41) is 6.92. The van der Waals surface area contributed by atoms with Crippen LogP contribution in [0.2, 0.25) is 0 Å². The molecule has 3 N–H and O–H groups in total. The summed E-state index contributed by atoms with van der Waals surface area (Å²) in [7, 11) is 3.84. The molecular weight excluding hydrogens is 360 g/mol. The molecule has 1 atom stereocenters. The third kappa shape index (κ3) is 4.04. The zero-order valence-corrected chi connectivity index (χ0v) is 16.4. The molecule has 28 heavy (non-hydrogen) atoms. The van der Waals surface area contributed by atoms with E-state index < -0.39 is 5.92 Å². The number of nitrogens with zero attached hydrogens (tertiary/aromatic N) is 3. The Bertz CT molecular complexity index is 907. The number of esters is 1. The van der Waals surface area contributed by atoms with Crippen LogP contribution in [-0.2, 0) is 9.53 Å². The van der Waals surface area contributed by atoms with Crippen LogP contribution in [0.25, 0.3) is 6.08 Å². The Morgan fingerprint density at radius 3 is 2.82 bits per heavy atom. The topological polar surface area (TPSA) is 111 Å². The van der Waals surface area contributed by atoms with Crippen molar-refractivity contribution < 1.29 is 14.3 Å². The van der Waals surface area contributed by atoms with E-state index in [1.54, 1.807) is 12.4 Å². The molecule has 2 aliphatic heterocycles. The summed E-state index contributed by atoms with van der Waals surface area (Å²) in [4.78, 5) is 34.0. The summed E-state index contributed by atoms with van der Waals surface area (Å²) in [6.45, 7) is 4.67. The average molecular weight is 384 g/mol. The minimum atomic E-state index is -0.560. The normalized spacial score (nSPS) is 19.8. The van der Waals surface area contributed by atoms with Crippen LogP contribution in [-0.4, -0.2) is 60.9 Å². The summed E-state index contributed by atoms with van der Waals surface area (Å²) < 4.78 is 5.38. The molecule has 0 spiro atoms. The molecule has 0 fully saturated rings. The lowest BCUT2D eigenvalue weighted by atomic mass is 9.99. The third-order valence-electron chi connectivity index (χ3n) is 4.52. The second-order valence-electron chi connectivity index (χ2n) is 6.87. The van der Waals surface area contributed by atoms with E-state index in [0.29, 0.717) is 30.1 Å². The number of hydrogen-bond acceptors (Lipinski definition) is 7. The van der Waals surface area contributed by atoms with Gasteiger partial charge in [0.2, 0.25) is 0 Å². The second kappa shape index (κ2) is 8.22. The summed E-state index contributed by atoms with van der Waals surface area (Å²) in [6.07, 6.45) is 6.63. The highest BCUT2D eigenvalue weighted by Crippen LogP contribution is 2.23. The van der Waals surface area contributed by atoms with Gasteiger partial charge in [0.05, 0.1) is 17.0 Å². The number of rotatable bonds is 6. The largest absolute Gasteiger partial charge is 0.461 e. The van der Waals surface area contributed by atoms with Crippen LogP contribution in [0.15, 0.2) is 28.2 Å². The zero-order valence-electron chi connectivity index (χ0n) is 16.4. The molecule has 0 radical (unpaired) electrons. The smallest absolute Gasteiger partial charge is 0.340 e. The molecule has 2 aliphatic rings. The molecule has 1 unspecified atom stereocenters. The highest BCUT2D eigenvalue weighted by atomic mass is 16.5. The Kier molecular flexibility index (Phi) is 5.74. The van der Waals surface area contributed by atoms with Crippen molar-refractivity contribution in [1.29, 1.82) is 0 Å². The Labute approximate surface area is 163 Å². The molecule has 0 bridgehead atoms. The maximum atomic E-state index is 12.5. The van der Waals surface area contributed by atoms with Gasteiger partial charge in [-0.05, 0) is 39.6 Å². The number of amides is 1. The number of aryl methyl sites for hydroxylation is 1. The molecule has 3 rings (SSSR count). The molecule has 0 saturated heterocycles. The van der Waals surface area contributed by atoms with Gasteiger partial charge in [0, 0.05) is 36.5 Å². The van der Waals surface area contributed by atoms with Crippen LogP contribution in [0.1, 0.15) is 27.3 Å². The number of allylic oxidation sites excluding steroid dienone is 1. The van der Waals surface area contributed by atoms with Gasteiger partial charge >= 0.3 is 5.97 Å². The van der Waals surface area contributed by atoms with Crippen LogP contribution >= 0.6 is 0 Å². The standard InChI is InChI=1S/C19H24N6O3/c1-11-14(23-12(2)16(11)19(27)28-8-7-25(3)4)9-15-17(21-6-5-20-15)13-10-22-24-18(13)26/h5-6,9-10,13,20,23H,7-8H2,1-4H3,(H,24,26). The predicted molar refractivity (Wildman–Crippen MR) is 107 cm³/mol. The number of aromatic amines is 1. The van der Waals surface area contributed by atoms with Gasteiger partial charge in [-0.15, -0.1) is 0 Å². The lowest BCUT2D eigenvalue weighted by Gasteiger charge is -2.16. The fourth-order valence-electron chi connectivity index (χ4n) is 3.02. The molecule has 0 aliphatic carbocycles. The number of nitrogens with one attached hydrogen (secondary N) is 3. The maximum Gasteiger partial charge on any atom is 0.340 e. The average Bonchev–Trinajstić information content (AvgIpc) is 3.18. The fourth-order valence-corrected chi connectivity index (χ4v) is 3.02. The number of H-pyrrole nitrogens is 1. The quantitative estimate of drug-likeness (QED) is 0.632. The van der Waals surface area contributed by atoms with Gasteiger partial charge < -0.3 is 19.9 Å². The van der Waals surface area contributed by atoms with E-state index in [9.17, 15) is 9.59 Å². The first-order valence-corrected chi connectivity index (χ1v) is 8.94. The van der Waals surface area contributed by atoms with Crippen molar-refractivity contribution in [3.8, 4) is 0 Å². The summed E-state index contributed by atoms with van der Waals surface area (Å²) in [5.41, 5.74) is 6.41. The van der Waals surface area contributed by atoms with Crippen LogP contribution in [0.3, 0.4) is 0 Å². The molecular formula is C19H24N6O3. The molecule has 1 amide bonds. The number of hydrazone groups is 1. The highest BCUT2D eigenvalue weighted by Gasteiger charge is 2.30. The second-order valence-corrected chi connectivity index (χ2v) is 6.87. The zero-order chi connectivity index (χ0) is 20.3. The van der Waals surface area contributed by atoms with Crippen LogP contribution in [0.4, 0.5) is 0 Å². The number of aliphatic imine (C=N–C) groups is 1. The summed E-state index contributed by atoms with van der Waals surface area (Å²) in [5.74, 6) is -1.15. The van der Waals surface area contributed by atoms with Crippen LogP contribution in [0, 0.1) is 19.8 Å². The molecule has 1 aromatic rings. The number of likely N-dealkylation sites (N-methyl/N-ethyl adjacent to an activating group) is 1. The van der Waals surface area contributed by atoms with E-state index in [0.717, 1.165) is 17.0 Å². The first-order valence-electron chi connectivity index (χ1n) is 8.94. The van der Waals surface area contributed by atoms with Gasteiger partial charge in [0.1, 0.15) is 12.5 Å². The molecule has 9 nitrogen and oxygen atoms in total.